The normalized spacial score (nSPS) is 13.4. The first kappa shape index (κ1) is 73.5. The predicted molar refractivity (Wildman–Crippen MR) is 343 cm³/mol. The Hall–Kier alpha value is -5.49. The molecule has 440 valence electrons. The summed E-state index contributed by atoms with van der Waals surface area (Å²) in [4.78, 5) is 38.1. The average Bonchev–Trinajstić information content (AvgIpc) is 3.45. The molecule has 79 heavy (non-hydrogen) atoms. The van der Waals surface area contributed by atoms with Crippen molar-refractivity contribution in [3.8, 4) is 0 Å². The highest BCUT2D eigenvalue weighted by Gasteiger charge is 2.19. The van der Waals surface area contributed by atoms with Gasteiger partial charge in [-0.05, 0) is 141 Å². The Labute approximate surface area is 484 Å². The van der Waals surface area contributed by atoms with Crippen LogP contribution >= 0.6 is 0 Å². The standard InChI is InChI=1S/C73H112O6/c1-4-7-10-13-16-18-20-22-24-26-28-30-32-34-36-38-40-42-44-46-48-50-52-54-57-60-63-66-72(75)78-69-70(68-77-71(74)65-62-59-56-15-12-9-6-3)79-73(76)67-64-61-58-55-53-51-49-47-45-43-41-39-37-35-33-31-29-27-25-23-21-19-17-14-11-8-5-2/h7-8,10-11,16-19,22-25,28-31,34-37,40-43,46-49,52,54,70H,4-6,9,12-15,20-21,26-27,32-33,38-39,44-45,50-51,53,55-69H2,1-3H3/b10-7-,11-8-,18-16-,19-17-,24-22-,25-23-,30-28-,31-29-,36-34-,37-35-,42-40-,43-41-,48-46-,49-47-,54-52-. The number of hydrogen-bond donors (Lipinski definition) is 0. The van der Waals surface area contributed by atoms with Gasteiger partial charge in [-0.25, -0.2) is 0 Å². The minimum Gasteiger partial charge on any atom is -0.462 e. The van der Waals surface area contributed by atoms with Crippen LogP contribution in [0.25, 0.3) is 0 Å². The minimum atomic E-state index is -0.815. The number of carbonyl (C=O) groups is 3. The summed E-state index contributed by atoms with van der Waals surface area (Å²) in [5.74, 6) is -0.991. The van der Waals surface area contributed by atoms with Crippen LogP contribution in [-0.4, -0.2) is 37.2 Å². The van der Waals surface area contributed by atoms with Gasteiger partial charge >= 0.3 is 17.9 Å². The van der Waals surface area contributed by atoms with E-state index in [1.165, 1.54) is 25.7 Å². The first-order chi connectivity index (χ1) is 39.0. The number of rotatable bonds is 54. The van der Waals surface area contributed by atoms with Gasteiger partial charge in [0.15, 0.2) is 6.10 Å². The van der Waals surface area contributed by atoms with Crippen molar-refractivity contribution in [1.29, 1.82) is 0 Å². The van der Waals surface area contributed by atoms with E-state index in [2.05, 4.69) is 203 Å². The van der Waals surface area contributed by atoms with Crippen molar-refractivity contribution in [3.63, 3.8) is 0 Å². The maximum atomic E-state index is 12.9. The molecule has 0 aromatic carbocycles. The third kappa shape index (κ3) is 63.2. The summed E-state index contributed by atoms with van der Waals surface area (Å²) in [7, 11) is 0. The highest BCUT2D eigenvalue weighted by atomic mass is 16.6. The van der Waals surface area contributed by atoms with E-state index in [4.69, 9.17) is 14.2 Å². The van der Waals surface area contributed by atoms with Gasteiger partial charge in [-0.1, -0.05) is 261 Å². The molecule has 0 saturated heterocycles. The van der Waals surface area contributed by atoms with Crippen molar-refractivity contribution >= 4 is 17.9 Å². The van der Waals surface area contributed by atoms with Gasteiger partial charge < -0.3 is 14.2 Å². The molecule has 0 aliphatic heterocycles. The quantitative estimate of drug-likeness (QED) is 0.0261. The molecule has 0 aromatic heterocycles. The average molecular weight is 1090 g/mol. The fourth-order valence-corrected chi connectivity index (χ4v) is 7.79. The number of allylic oxidation sites excluding steroid dienone is 30. The van der Waals surface area contributed by atoms with Gasteiger partial charge in [-0.3, -0.25) is 14.4 Å². The molecule has 0 radical (unpaired) electrons. The lowest BCUT2D eigenvalue weighted by Gasteiger charge is -2.18. The van der Waals surface area contributed by atoms with Crippen LogP contribution in [-0.2, 0) is 28.6 Å². The number of unbranched alkanes of at least 4 members (excludes halogenated alkanes) is 13. The molecule has 0 fully saturated rings. The van der Waals surface area contributed by atoms with Crippen molar-refractivity contribution in [1.82, 2.24) is 0 Å². The molecule has 0 N–H and O–H groups in total. The smallest absolute Gasteiger partial charge is 0.306 e. The second-order valence-electron chi connectivity index (χ2n) is 19.9. The zero-order valence-corrected chi connectivity index (χ0v) is 50.3. The van der Waals surface area contributed by atoms with Crippen LogP contribution in [0.15, 0.2) is 182 Å². The Balaban J connectivity index is 4.35. The second kappa shape index (κ2) is 65.0. The molecule has 0 bridgehead atoms. The van der Waals surface area contributed by atoms with Crippen LogP contribution in [0.5, 0.6) is 0 Å². The topological polar surface area (TPSA) is 78.9 Å². The Morgan fingerprint density at radius 1 is 0.266 bits per heavy atom. The molecule has 6 nitrogen and oxygen atoms in total. The molecule has 0 aromatic rings. The zero-order chi connectivity index (χ0) is 57.1. The van der Waals surface area contributed by atoms with E-state index < -0.39 is 6.10 Å². The van der Waals surface area contributed by atoms with E-state index in [0.29, 0.717) is 12.8 Å². The zero-order valence-electron chi connectivity index (χ0n) is 50.3. The Morgan fingerprint density at radius 2 is 0.494 bits per heavy atom. The van der Waals surface area contributed by atoms with Crippen LogP contribution in [0.1, 0.15) is 239 Å². The summed E-state index contributed by atoms with van der Waals surface area (Å²) in [5.41, 5.74) is 0. The van der Waals surface area contributed by atoms with E-state index in [1.807, 2.05) is 0 Å². The lowest BCUT2D eigenvalue weighted by Crippen LogP contribution is -2.30. The second-order valence-corrected chi connectivity index (χ2v) is 19.9. The van der Waals surface area contributed by atoms with Crippen LogP contribution in [0.4, 0.5) is 0 Å². The fraction of sp³-hybridized carbons (Fsp3) is 0.548. The number of esters is 3. The molecule has 0 spiro atoms. The molecule has 0 aliphatic carbocycles. The fourth-order valence-electron chi connectivity index (χ4n) is 7.79. The van der Waals surface area contributed by atoms with Crippen molar-refractivity contribution < 1.29 is 28.6 Å². The Bertz CT molecular complexity index is 1870. The van der Waals surface area contributed by atoms with Gasteiger partial charge in [0.05, 0.1) is 0 Å². The summed E-state index contributed by atoms with van der Waals surface area (Å²) >= 11 is 0. The summed E-state index contributed by atoms with van der Waals surface area (Å²) in [6.07, 6.45) is 97.7. The molecule has 0 rings (SSSR count). The highest BCUT2D eigenvalue weighted by molar-refractivity contribution is 5.71. The molecule has 1 unspecified atom stereocenters. The van der Waals surface area contributed by atoms with Gasteiger partial charge in [0.2, 0.25) is 0 Å². The molecule has 1 atom stereocenters. The largest absolute Gasteiger partial charge is 0.462 e. The van der Waals surface area contributed by atoms with Gasteiger partial charge in [0, 0.05) is 19.3 Å². The van der Waals surface area contributed by atoms with E-state index >= 15 is 0 Å². The third-order valence-electron chi connectivity index (χ3n) is 12.4. The number of ether oxygens (including phenoxy) is 3. The highest BCUT2D eigenvalue weighted by Crippen LogP contribution is 2.13. The summed E-state index contributed by atoms with van der Waals surface area (Å²) in [5, 5.41) is 0. The van der Waals surface area contributed by atoms with Crippen LogP contribution in [0, 0.1) is 0 Å². The Kier molecular flexibility index (Phi) is 60.5. The molecular formula is C73H112O6. The molecule has 0 heterocycles. The predicted octanol–water partition coefficient (Wildman–Crippen LogP) is 21.7. The lowest BCUT2D eigenvalue weighted by atomic mass is 10.1. The van der Waals surface area contributed by atoms with Gasteiger partial charge in [-0.15, -0.1) is 0 Å². The monoisotopic (exact) mass is 1080 g/mol. The first-order valence-electron chi connectivity index (χ1n) is 31.3. The summed E-state index contributed by atoms with van der Waals surface area (Å²) in [6.45, 7) is 6.29. The SMILES string of the molecule is CC/C=C\C/C=C\C/C=C\C/C=C\C/C=C\C/C=C\C/C=C\C/C=C\CCCCC(=O)OCC(COC(=O)CCCCCCCCC)OC(=O)CCCCCCC/C=C\C/C=C\C/C=C\C/C=C\C/C=C\C/C=C\C/C=C\CC. The lowest BCUT2D eigenvalue weighted by molar-refractivity contribution is -0.167. The van der Waals surface area contributed by atoms with E-state index in [-0.39, 0.29) is 44.0 Å². The maximum absolute atomic E-state index is 12.9. The van der Waals surface area contributed by atoms with E-state index in [0.717, 1.165) is 167 Å². The maximum Gasteiger partial charge on any atom is 0.306 e. The van der Waals surface area contributed by atoms with Crippen LogP contribution in [0.2, 0.25) is 0 Å². The summed E-state index contributed by atoms with van der Waals surface area (Å²) < 4.78 is 16.8. The Morgan fingerprint density at radius 3 is 0.797 bits per heavy atom. The van der Waals surface area contributed by atoms with E-state index in [1.54, 1.807) is 0 Å². The van der Waals surface area contributed by atoms with E-state index in [9.17, 15) is 14.4 Å². The number of carbonyl (C=O) groups excluding carboxylic acids is 3. The van der Waals surface area contributed by atoms with Crippen molar-refractivity contribution in [2.45, 2.75) is 245 Å². The minimum absolute atomic E-state index is 0.109. The van der Waals surface area contributed by atoms with Crippen molar-refractivity contribution in [3.05, 3.63) is 182 Å². The van der Waals surface area contributed by atoms with Gasteiger partial charge in [0.25, 0.3) is 0 Å². The molecule has 0 saturated carbocycles. The van der Waals surface area contributed by atoms with Crippen molar-refractivity contribution in [2.75, 3.05) is 13.2 Å². The molecule has 0 aliphatic rings. The first-order valence-corrected chi connectivity index (χ1v) is 31.3. The molecule has 0 amide bonds. The van der Waals surface area contributed by atoms with Gasteiger partial charge in [0.1, 0.15) is 13.2 Å². The molecular weight excluding hydrogens is 973 g/mol. The molecule has 6 heteroatoms. The van der Waals surface area contributed by atoms with Crippen LogP contribution in [0.3, 0.4) is 0 Å². The summed E-state index contributed by atoms with van der Waals surface area (Å²) in [6, 6.07) is 0. The van der Waals surface area contributed by atoms with Crippen molar-refractivity contribution in [2.24, 2.45) is 0 Å². The van der Waals surface area contributed by atoms with Gasteiger partial charge in [-0.2, -0.15) is 0 Å². The third-order valence-corrected chi connectivity index (χ3v) is 12.4. The number of hydrogen-bond acceptors (Lipinski definition) is 6. The van der Waals surface area contributed by atoms with Crippen LogP contribution < -0.4 is 0 Å².